The Balaban J connectivity index is 2.02. The fraction of sp³-hybridized carbons (Fsp3) is 0.182. The normalized spacial score (nSPS) is 13.1. The average molecular weight is 335 g/mol. The van der Waals surface area contributed by atoms with E-state index in [1.807, 2.05) is 0 Å². The third kappa shape index (κ3) is 3.94. The van der Waals surface area contributed by atoms with Crippen molar-refractivity contribution in [1.29, 1.82) is 0 Å². The zero-order valence-corrected chi connectivity index (χ0v) is 12.1. The van der Waals surface area contributed by atoms with Gasteiger partial charge in [0.15, 0.2) is 21.0 Å². The van der Waals surface area contributed by atoms with E-state index < -0.39 is 27.8 Å². The van der Waals surface area contributed by atoms with Gasteiger partial charge in [-0.25, -0.2) is 27.3 Å². The summed E-state index contributed by atoms with van der Waals surface area (Å²) in [5.74, 6) is -2.06. The number of aliphatic hydroxyl groups is 1. The van der Waals surface area contributed by atoms with Gasteiger partial charge in [0.2, 0.25) is 10.0 Å². The molecule has 0 amide bonds. The van der Waals surface area contributed by atoms with Gasteiger partial charge in [-0.15, -0.1) is 0 Å². The lowest BCUT2D eigenvalue weighted by atomic mass is 10.1. The predicted octanol–water partition coefficient (Wildman–Crippen LogP) is 1.21. The number of aliphatic hydroxyl groups excluding tert-OH is 1. The second-order valence-corrected chi connectivity index (χ2v) is 6.92. The summed E-state index contributed by atoms with van der Waals surface area (Å²) in [6, 6.07) is 3.05. The molecule has 0 unspecified atom stereocenters. The SMILES string of the molecule is NS(=O)(=O)c1cnc(NC[C@H](O)c2ccc(F)c(F)c2)s1. The van der Waals surface area contributed by atoms with E-state index in [4.69, 9.17) is 5.14 Å². The van der Waals surface area contributed by atoms with Gasteiger partial charge in [-0.2, -0.15) is 0 Å². The largest absolute Gasteiger partial charge is 0.387 e. The summed E-state index contributed by atoms with van der Waals surface area (Å²) in [6.07, 6.45) is -0.0198. The Kier molecular flexibility index (Phi) is 4.52. The molecule has 2 rings (SSSR count). The zero-order valence-electron chi connectivity index (χ0n) is 10.5. The quantitative estimate of drug-likeness (QED) is 0.762. The number of hydrogen-bond acceptors (Lipinski definition) is 6. The monoisotopic (exact) mass is 335 g/mol. The maximum Gasteiger partial charge on any atom is 0.249 e. The summed E-state index contributed by atoms with van der Waals surface area (Å²) in [5.41, 5.74) is 0.185. The van der Waals surface area contributed by atoms with E-state index in [9.17, 15) is 22.3 Å². The first-order valence-corrected chi connectivity index (χ1v) is 7.99. The fourth-order valence-corrected chi connectivity index (χ4v) is 2.95. The lowest BCUT2D eigenvalue weighted by Gasteiger charge is -2.11. The Labute approximate surface area is 123 Å². The van der Waals surface area contributed by atoms with Crippen LogP contribution in [0, 0.1) is 11.6 Å². The number of nitrogens with zero attached hydrogens (tertiary/aromatic N) is 1. The van der Waals surface area contributed by atoms with Crippen LogP contribution in [0.5, 0.6) is 0 Å². The Bertz CT molecular complexity index is 749. The number of halogens is 2. The van der Waals surface area contributed by atoms with E-state index in [2.05, 4.69) is 10.3 Å². The predicted molar refractivity (Wildman–Crippen MR) is 73.3 cm³/mol. The van der Waals surface area contributed by atoms with Crippen molar-refractivity contribution in [2.75, 3.05) is 11.9 Å². The van der Waals surface area contributed by atoms with Crippen molar-refractivity contribution in [3.63, 3.8) is 0 Å². The van der Waals surface area contributed by atoms with Crippen molar-refractivity contribution < 1.29 is 22.3 Å². The highest BCUT2D eigenvalue weighted by molar-refractivity contribution is 7.91. The van der Waals surface area contributed by atoms with E-state index in [1.54, 1.807) is 0 Å². The van der Waals surface area contributed by atoms with Gasteiger partial charge in [-0.05, 0) is 17.7 Å². The lowest BCUT2D eigenvalue weighted by molar-refractivity contribution is 0.191. The van der Waals surface area contributed by atoms with Crippen LogP contribution in [-0.2, 0) is 10.0 Å². The first-order valence-electron chi connectivity index (χ1n) is 5.63. The molecule has 10 heteroatoms. The maximum absolute atomic E-state index is 13.0. The van der Waals surface area contributed by atoms with Gasteiger partial charge in [0.25, 0.3) is 0 Å². The molecule has 0 saturated heterocycles. The highest BCUT2D eigenvalue weighted by atomic mass is 32.2. The lowest BCUT2D eigenvalue weighted by Crippen LogP contribution is -2.12. The fourth-order valence-electron chi connectivity index (χ4n) is 1.49. The standard InChI is InChI=1S/C11H11F2N3O3S2/c12-7-2-1-6(3-8(7)13)9(17)4-15-11-16-5-10(20-11)21(14,18)19/h1-3,5,9,17H,4H2,(H,15,16)(H2,14,18,19)/t9-/m0/s1. The van der Waals surface area contributed by atoms with E-state index in [0.29, 0.717) is 0 Å². The van der Waals surface area contributed by atoms with Gasteiger partial charge in [-0.1, -0.05) is 17.4 Å². The Hall–Kier alpha value is -1.62. The number of aromatic nitrogens is 1. The molecule has 1 aromatic carbocycles. The number of rotatable bonds is 5. The molecular formula is C11H11F2N3O3S2. The minimum Gasteiger partial charge on any atom is -0.387 e. The van der Waals surface area contributed by atoms with Gasteiger partial charge in [-0.3, -0.25) is 0 Å². The molecule has 1 atom stereocenters. The van der Waals surface area contributed by atoms with Crippen LogP contribution >= 0.6 is 11.3 Å². The number of hydrogen-bond donors (Lipinski definition) is 3. The molecule has 21 heavy (non-hydrogen) atoms. The Morgan fingerprint density at radius 3 is 2.67 bits per heavy atom. The number of benzene rings is 1. The van der Waals surface area contributed by atoms with Crippen molar-refractivity contribution in [2.24, 2.45) is 5.14 Å². The van der Waals surface area contributed by atoms with Crippen molar-refractivity contribution in [2.45, 2.75) is 10.3 Å². The Morgan fingerprint density at radius 2 is 2.10 bits per heavy atom. The molecular weight excluding hydrogens is 324 g/mol. The first-order chi connectivity index (χ1) is 9.77. The van der Waals surface area contributed by atoms with E-state index in [-0.39, 0.29) is 21.4 Å². The molecule has 0 fully saturated rings. The van der Waals surface area contributed by atoms with Gasteiger partial charge >= 0.3 is 0 Å². The molecule has 0 aliphatic heterocycles. The van der Waals surface area contributed by atoms with Crippen LogP contribution in [0.1, 0.15) is 11.7 Å². The third-order valence-electron chi connectivity index (χ3n) is 2.54. The number of nitrogens with one attached hydrogen (secondary N) is 1. The van der Waals surface area contributed by atoms with Crippen LogP contribution in [0.2, 0.25) is 0 Å². The molecule has 1 heterocycles. The van der Waals surface area contributed by atoms with Gasteiger partial charge < -0.3 is 10.4 Å². The number of thiazole rings is 1. The van der Waals surface area contributed by atoms with Crippen LogP contribution in [-0.4, -0.2) is 25.1 Å². The molecule has 4 N–H and O–H groups in total. The second kappa shape index (κ2) is 6.02. The van der Waals surface area contributed by atoms with Crippen molar-refractivity contribution in [3.8, 4) is 0 Å². The molecule has 0 aliphatic rings. The van der Waals surface area contributed by atoms with Crippen LogP contribution in [0.3, 0.4) is 0 Å². The summed E-state index contributed by atoms with van der Waals surface area (Å²) in [7, 11) is -3.82. The van der Waals surface area contributed by atoms with Crippen LogP contribution in [0.25, 0.3) is 0 Å². The number of primary sulfonamides is 1. The molecule has 6 nitrogen and oxygen atoms in total. The molecule has 0 saturated carbocycles. The van der Waals surface area contributed by atoms with Crippen LogP contribution in [0.15, 0.2) is 28.6 Å². The van der Waals surface area contributed by atoms with Gasteiger partial charge in [0.1, 0.15) is 0 Å². The molecule has 0 spiro atoms. The van der Waals surface area contributed by atoms with Gasteiger partial charge in [0, 0.05) is 6.54 Å². The van der Waals surface area contributed by atoms with E-state index >= 15 is 0 Å². The molecule has 2 aromatic rings. The Morgan fingerprint density at radius 1 is 1.38 bits per heavy atom. The van der Waals surface area contributed by atoms with Crippen LogP contribution < -0.4 is 10.5 Å². The number of nitrogens with two attached hydrogens (primary N) is 1. The van der Waals surface area contributed by atoms with E-state index in [1.165, 1.54) is 6.07 Å². The minimum atomic E-state index is -3.82. The number of sulfonamides is 1. The minimum absolute atomic E-state index is 0.0529. The molecule has 0 bridgehead atoms. The molecule has 1 aromatic heterocycles. The summed E-state index contributed by atoms with van der Waals surface area (Å²) in [4.78, 5) is 3.78. The summed E-state index contributed by atoms with van der Waals surface area (Å²) < 4.78 is 47.8. The van der Waals surface area contributed by atoms with Crippen molar-refractivity contribution >= 4 is 26.5 Å². The molecule has 0 radical (unpaired) electrons. The maximum atomic E-state index is 13.0. The summed E-state index contributed by atoms with van der Waals surface area (Å²) in [6.45, 7) is -0.0529. The molecule has 0 aliphatic carbocycles. The molecule has 114 valence electrons. The van der Waals surface area contributed by atoms with Crippen molar-refractivity contribution in [1.82, 2.24) is 4.98 Å². The highest BCUT2D eigenvalue weighted by Crippen LogP contribution is 2.23. The topological polar surface area (TPSA) is 105 Å². The summed E-state index contributed by atoms with van der Waals surface area (Å²) in [5, 5.41) is 17.7. The smallest absolute Gasteiger partial charge is 0.249 e. The number of anilines is 1. The van der Waals surface area contributed by atoms with Crippen LogP contribution in [0.4, 0.5) is 13.9 Å². The highest BCUT2D eigenvalue weighted by Gasteiger charge is 2.14. The zero-order chi connectivity index (χ0) is 15.6. The van der Waals surface area contributed by atoms with Crippen molar-refractivity contribution in [3.05, 3.63) is 41.6 Å². The summed E-state index contributed by atoms with van der Waals surface area (Å²) >= 11 is 0.802. The third-order valence-corrected chi connectivity index (χ3v) is 4.90. The van der Waals surface area contributed by atoms with Gasteiger partial charge in [0.05, 0.1) is 12.3 Å². The first kappa shape index (κ1) is 15.8. The van der Waals surface area contributed by atoms with E-state index in [0.717, 1.165) is 29.7 Å². The average Bonchev–Trinajstić information content (AvgIpc) is 2.88. The second-order valence-electron chi connectivity index (χ2n) is 4.10.